The fourth-order valence-corrected chi connectivity index (χ4v) is 1.24. The molecule has 0 aliphatic carbocycles. The van der Waals surface area contributed by atoms with Crippen LogP contribution in [0.15, 0.2) is 18.2 Å². The molecule has 0 saturated carbocycles. The largest absolute Gasteiger partial charge is 0.382 e. The van der Waals surface area contributed by atoms with Crippen molar-refractivity contribution in [2.24, 2.45) is 5.73 Å². The highest BCUT2D eigenvalue weighted by Gasteiger charge is 2.39. The molecule has 0 spiro atoms. The minimum absolute atomic E-state index is 0.0678. The number of nitrogens with two attached hydrogens (primary N) is 1. The second kappa shape index (κ2) is 4.38. The molecule has 6 heteroatoms. The lowest BCUT2D eigenvalue weighted by molar-refractivity contribution is -0.104. The van der Waals surface area contributed by atoms with Crippen molar-refractivity contribution in [3.8, 4) is 0 Å². The monoisotopic (exact) mass is 239 g/mol. The molecule has 1 unspecified atom stereocenters. The Bertz CT molecular complexity index is 359. The van der Waals surface area contributed by atoms with Gasteiger partial charge in [0.15, 0.2) is 0 Å². The summed E-state index contributed by atoms with van der Waals surface area (Å²) in [5, 5.41) is 9.29. The van der Waals surface area contributed by atoms with Gasteiger partial charge in [0.2, 0.25) is 0 Å². The zero-order valence-corrected chi connectivity index (χ0v) is 8.31. The van der Waals surface area contributed by atoms with Gasteiger partial charge in [-0.05, 0) is 18.2 Å². The highest BCUT2D eigenvalue weighted by molar-refractivity contribution is 6.30. The maximum atomic E-state index is 13.1. The van der Waals surface area contributed by atoms with E-state index in [4.69, 9.17) is 17.3 Å². The number of halogens is 4. The van der Waals surface area contributed by atoms with Crippen LogP contribution in [0.1, 0.15) is 11.7 Å². The van der Waals surface area contributed by atoms with Gasteiger partial charge < -0.3 is 10.8 Å². The Morgan fingerprint density at radius 2 is 2.07 bits per heavy atom. The van der Waals surface area contributed by atoms with Crippen LogP contribution in [0.25, 0.3) is 0 Å². The molecule has 1 rings (SSSR count). The van der Waals surface area contributed by atoms with Crippen LogP contribution >= 0.6 is 11.6 Å². The van der Waals surface area contributed by atoms with Crippen LogP contribution in [-0.4, -0.2) is 17.6 Å². The zero-order valence-electron chi connectivity index (χ0n) is 7.55. The summed E-state index contributed by atoms with van der Waals surface area (Å²) < 4.78 is 39.0. The van der Waals surface area contributed by atoms with Gasteiger partial charge in [-0.2, -0.15) is 0 Å². The SMILES string of the molecule is NCC(F)(F)C(O)c1cc(Cl)ccc1F. The van der Waals surface area contributed by atoms with E-state index in [0.717, 1.165) is 12.1 Å². The first-order valence-corrected chi connectivity index (χ1v) is 4.47. The van der Waals surface area contributed by atoms with Crippen molar-refractivity contribution in [1.29, 1.82) is 0 Å². The van der Waals surface area contributed by atoms with E-state index in [1.165, 1.54) is 6.07 Å². The summed E-state index contributed by atoms with van der Waals surface area (Å²) in [4.78, 5) is 0. The highest BCUT2D eigenvalue weighted by atomic mass is 35.5. The first-order chi connectivity index (χ1) is 6.88. The zero-order chi connectivity index (χ0) is 11.6. The maximum absolute atomic E-state index is 13.1. The molecule has 2 nitrogen and oxygen atoms in total. The Kier molecular flexibility index (Phi) is 3.59. The number of hydrogen-bond donors (Lipinski definition) is 2. The number of benzene rings is 1. The third-order valence-corrected chi connectivity index (χ3v) is 2.16. The highest BCUT2D eigenvalue weighted by Crippen LogP contribution is 2.32. The van der Waals surface area contributed by atoms with E-state index in [1.54, 1.807) is 0 Å². The van der Waals surface area contributed by atoms with Crippen molar-refractivity contribution in [2.45, 2.75) is 12.0 Å². The van der Waals surface area contributed by atoms with Gasteiger partial charge in [0.1, 0.15) is 11.9 Å². The summed E-state index contributed by atoms with van der Waals surface area (Å²) in [6, 6.07) is 3.06. The first kappa shape index (κ1) is 12.3. The molecule has 0 aliphatic rings. The Labute approximate surface area is 89.5 Å². The molecule has 0 fully saturated rings. The minimum Gasteiger partial charge on any atom is -0.382 e. The standard InChI is InChI=1S/C9H9ClF3NO/c10-5-1-2-7(11)6(3-5)8(15)9(12,13)4-14/h1-3,8,15H,4,14H2. The third-order valence-electron chi connectivity index (χ3n) is 1.92. The van der Waals surface area contributed by atoms with E-state index < -0.39 is 30.0 Å². The van der Waals surface area contributed by atoms with Gasteiger partial charge in [-0.25, -0.2) is 13.2 Å². The van der Waals surface area contributed by atoms with E-state index in [1.807, 2.05) is 0 Å². The van der Waals surface area contributed by atoms with Crippen molar-refractivity contribution in [3.63, 3.8) is 0 Å². The molecule has 3 N–H and O–H groups in total. The molecule has 0 aromatic heterocycles. The molecule has 0 saturated heterocycles. The molecular formula is C9H9ClF3NO. The van der Waals surface area contributed by atoms with Gasteiger partial charge in [0.25, 0.3) is 5.92 Å². The molecular weight excluding hydrogens is 231 g/mol. The van der Waals surface area contributed by atoms with E-state index in [0.29, 0.717) is 0 Å². The second-order valence-electron chi connectivity index (χ2n) is 3.03. The van der Waals surface area contributed by atoms with Crippen LogP contribution in [0, 0.1) is 5.82 Å². The molecule has 0 aliphatic heterocycles. The van der Waals surface area contributed by atoms with E-state index in [-0.39, 0.29) is 5.02 Å². The smallest absolute Gasteiger partial charge is 0.289 e. The summed E-state index contributed by atoms with van der Waals surface area (Å²) in [6.07, 6.45) is -2.29. The normalized spacial score (nSPS) is 14.0. The Morgan fingerprint density at radius 1 is 1.47 bits per heavy atom. The van der Waals surface area contributed by atoms with E-state index in [2.05, 4.69) is 0 Å². The molecule has 1 aromatic carbocycles. The van der Waals surface area contributed by atoms with Gasteiger partial charge in [-0.3, -0.25) is 0 Å². The third kappa shape index (κ3) is 2.62. The minimum atomic E-state index is -3.58. The molecule has 0 bridgehead atoms. The van der Waals surface area contributed by atoms with Gasteiger partial charge in [-0.15, -0.1) is 0 Å². The summed E-state index contributed by atoms with van der Waals surface area (Å²) >= 11 is 5.50. The lowest BCUT2D eigenvalue weighted by atomic mass is 10.0. The van der Waals surface area contributed by atoms with Crippen molar-refractivity contribution < 1.29 is 18.3 Å². The summed E-state index contributed by atoms with van der Waals surface area (Å²) in [7, 11) is 0. The van der Waals surface area contributed by atoms with Crippen LogP contribution < -0.4 is 5.73 Å². The molecule has 1 aromatic rings. The fourth-order valence-electron chi connectivity index (χ4n) is 1.06. The van der Waals surface area contributed by atoms with Gasteiger partial charge in [-0.1, -0.05) is 11.6 Å². The molecule has 0 amide bonds. The average molecular weight is 240 g/mol. The van der Waals surface area contributed by atoms with Crippen molar-refractivity contribution in [3.05, 3.63) is 34.6 Å². The topological polar surface area (TPSA) is 46.2 Å². The number of aliphatic hydroxyl groups excluding tert-OH is 1. The number of rotatable bonds is 3. The fraction of sp³-hybridized carbons (Fsp3) is 0.333. The van der Waals surface area contributed by atoms with Crippen molar-refractivity contribution in [2.75, 3.05) is 6.54 Å². The molecule has 0 heterocycles. The molecule has 84 valence electrons. The van der Waals surface area contributed by atoms with Crippen LogP contribution in [0.4, 0.5) is 13.2 Å². The van der Waals surface area contributed by atoms with Crippen LogP contribution in [0.3, 0.4) is 0 Å². The molecule has 0 radical (unpaired) electrons. The summed E-state index contributed by atoms with van der Waals surface area (Å²) in [5.74, 6) is -4.52. The van der Waals surface area contributed by atoms with Gasteiger partial charge in [0.05, 0.1) is 6.54 Å². The first-order valence-electron chi connectivity index (χ1n) is 4.09. The Hall–Kier alpha value is -0.780. The summed E-state index contributed by atoms with van der Waals surface area (Å²) in [6.45, 7) is -1.07. The molecule has 15 heavy (non-hydrogen) atoms. The van der Waals surface area contributed by atoms with Gasteiger partial charge in [0, 0.05) is 10.6 Å². The lowest BCUT2D eigenvalue weighted by Crippen LogP contribution is -2.35. The Morgan fingerprint density at radius 3 is 2.60 bits per heavy atom. The maximum Gasteiger partial charge on any atom is 0.289 e. The van der Waals surface area contributed by atoms with Crippen LogP contribution in [0.2, 0.25) is 5.02 Å². The van der Waals surface area contributed by atoms with Crippen molar-refractivity contribution >= 4 is 11.6 Å². The van der Waals surface area contributed by atoms with Gasteiger partial charge >= 0.3 is 0 Å². The second-order valence-corrected chi connectivity index (χ2v) is 3.47. The lowest BCUT2D eigenvalue weighted by Gasteiger charge is -2.21. The van der Waals surface area contributed by atoms with Crippen LogP contribution in [0.5, 0.6) is 0 Å². The van der Waals surface area contributed by atoms with Crippen molar-refractivity contribution in [1.82, 2.24) is 0 Å². The number of alkyl halides is 2. The predicted molar refractivity (Wildman–Crippen MR) is 50.4 cm³/mol. The Balaban J connectivity index is 3.10. The molecule has 1 atom stereocenters. The number of aliphatic hydroxyl groups is 1. The van der Waals surface area contributed by atoms with E-state index in [9.17, 15) is 18.3 Å². The quantitative estimate of drug-likeness (QED) is 0.849. The number of hydrogen-bond acceptors (Lipinski definition) is 2. The summed E-state index contributed by atoms with van der Waals surface area (Å²) in [5.41, 5.74) is 4.21. The van der Waals surface area contributed by atoms with Crippen LogP contribution in [-0.2, 0) is 0 Å². The van der Waals surface area contributed by atoms with E-state index >= 15 is 0 Å². The average Bonchev–Trinajstić information content (AvgIpc) is 2.20. The predicted octanol–water partition coefficient (Wildman–Crippen LogP) is 2.11.